The molecule has 1 amide bonds. The van der Waals surface area contributed by atoms with Crippen molar-refractivity contribution < 1.29 is 13.6 Å². The van der Waals surface area contributed by atoms with Gasteiger partial charge in [0.25, 0.3) is 0 Å². The lowest BCUT2D eigenvalue weighted by Gasteiger charge is -2.38. The van der Waals surface area contributed by atoms with Gasteiger partial charge in [-0.25, -0.2) is 8.78 Å². The lowest BCUT2D eigenvalue weighted by molar-refractivity contribution is -0.132. The number of thiocarbonyl (C=S) groups is 1. The molecule has 6 heteroatoms. The molecule has 1 aliphatic heterocycles. The smallest absolute Gasteiger partial charge is 0.227 e. The Morgan fingerprint density at radius 2 is 1.86 bits per heavy atom. The van der Waals surface area contributed by atoms with E-state index in [2.05, 4.69) is 0 Å². The lowest BCUT2D eigenvalue weighted by Crippen LogP contribution is -2.47. The Morgan fingerprint density at radius 3 is 2.33 bits per heavy atom. The van der Waals surface area contributed by atoms with Crippen LogP contribution >= 0.6 is 12.2 Å². The molecular weight excluding hydrogens is 294 g/mol. The number of nitrogens with zero attached hydrogens (tertiary/aromatic N) is 1. The highest BCUT2D eigenvalue weighted by Gasteiger charge is 2.34. The van der Waals surface area contributed by atoms with Crippen LogP contribution in [0.5, 0.6) is 0 Å². The van der Waals surface area contributed by atoms with Crippen molar-refractivity contribution in [2.24, 2.45) is 11.1 Å². The summed E-state index contributed by atoms with van der Waals surface area (Å²) in [6.45, 7) is 2.99. The van der Waals surface area contributed by atoms with Gasteiger partial charge >= 0.3 is 0 Å². The number of rotatable bonds is 3. The predicted octanol–water partition coefficient (Wildman–Crippen LogP) is 2.42. The minimum atomic E-state index is -0.687. The topological polar surface area (TPSA) is 46.3 Å². The molecule has 1 fully saturated rings. The van der Waals surface area contributed by atoms with Gasteiger partial charge in [0.1, 0.15) is 11.6 Å². The van der Waals surface area contributed by atoms with Gasteiger partial charge in [0.15, 0.2) is 0 Å². The van der Waals surface area contributed by atoms with Gasteiger partial charge in [-0.15, -0.1) is 0 Å². The fraction of sp³-hybridized carbons (Fsp3) is 0.467. The first-order chi connectivity index (χ1) is 9.83. The van der Waals surface area contributed by atoms with E-state index in [0.29, 0.717) is 30.9 Å². The van der Waals surface area contributed by atoms with Crippen LogP contribution in [0.15, 0.2) is 18.2 Å². The maximum atomic E-state index is 13.6. The lowest BCUT2D eigenvalue weighted by atomic mass is 9.80. The molecule has 1 aromatic rings. The van der Waals surface area contributed by atoms with Crippen LogP contribution in [0.2, 0.25) is 0 Å². The highest BCUT2D eigenvalue weighted by Crippen LogP contribution is 2.31. The van der Waals surface area contributed by atoms with Gasteiger partial charge in [0, 0.05) is 24.1 Å². The fourth-order valence-corrected chi connectivity index (χ4v) is 2.66. The molecule has 1 aromatic carbocycles. The summed E-state index contributed by atoms with van der Waals surface area (Å²) in [5.41, 5.74) is 5.30. The number of halogens is 2. The number of hydrogen-bond donors (Lipinski definition) is 1. The summed E-state index contributed by atoms with van der Waals surface area (Å²) in [5, 5.41) is 0. The first kappa shape index (κ1) is 15.8. The van der Waals surface area contributed by atoms with Crippen LogP contribution in [-0.4, -0.2) is 28.9 Å². The van der Waals surface area contributed by atoms with Crippen molar-refractivity contribution in [2.75, 3.05) is 13.1 Å². The average Bonchev–Trinajstić information content (AvgIpc) is 2.43. The van der Waals surface area contributed by atoms with Crippen LogP contribution < -0.4 is 5.73 Å². The second kappa shape index (κ2) is 6.05. The molecule has 114 valence electrons. The molecule has 0 saturated carbocycles. The second-order valence-corrected chi connectivity index (χ2v) is 6.12. The molecular formula is C15H18F2N2OS. The number of amides is 1. The summed E-state index contributed by atoms with van der Waals surface area (Å²) in [5.74, 6) is -1.65. The van der Waals surface area contributed by atoms with Crippen molar-refractivity contribution in [2.45, 2.75) is 26.2 Å². The number of nitrogens with two attached hydrogens (primary N) is 1. The molecule has 0 aliphatic carbocycles. The number of piperidine rings is 1. The van der Waals surface area contributed by atoms with E-state index in [-0.39, 0.29) is 23.3 Å². The molecule has 0 bridgehead atoms. The summed E-state index contributed by atoms with van der Waals surface area (Å²) in [6.07, 6.45) is 1.09. The number of benzene rings is 1. The molecule has 2 rings (SSSR count). The Kier molecular flexibility index (Phi) is 4.56. The Hall–Kier alpha value is -1.56. The molecule has 3 nitrogen and oxygen atoms in total. The molecule has 1 saturated heterocycles. The molecule has 1 aliphatic rings. The maximum Gasteiger partial charge on any atom is 0.227 e. The van der Waals surface area contributed by atoms with Gasteiger partial charge in [0.05, 0.1) is 11.4 Å². The number of likely N-dealkylation sites (tertiary alicyclic amines) is 1. The fourth-order valence-electron chi connectivity index (χ4n) is 2.46. The molecule has 21 heavy (non-hydrogen) atoms. The van der Waals surface area contributed by atoms with Crippen molar-refractivity contribution in [3.8, 4) is 0 Å². The Balaban J connectivity index is 2.02. The number of hydrogen-bond acceptors (Lipinski definition) is 2. The minimum Gasteiger partial charge on any atom is -0.393 e. The molecule has 0 aromatic heterocycles. The van der Waals surface area contributed by atoms with Crippen molar-refractivity contribution >= 4 is 23.1 Å². The van der Waals surface area contributed by atoms with E-state index < -0.39 is 11.6 Å². The largest absolute Gasteiger partial charge is 0.393 e. The summed E-state index contributed by atoms with van der Waals surface area (Å²) in [7, 11) is 0. The van der Waals surface area contributed by atoms with Crippen molar-refractivity contribution in [3.05, 3.63) is 35.4 Å². The van der Waals surface area contributed by atoms with Gasteiger partial charge in [-0.05, 0) is 25.0 Å². The van der Waals surface area contributed by atoms with E-state index in [1.165, 1.54) is 6.07 Å². The molecule has 0 atom stereocenters. The summed E-state index contributed by atoms with van der Waals surface area (Å²) in [6, 6.07) is 3.60. The molecule has 2 N–H and O–H groups in total. The van der Waals surface area contributed by atoms with E-state index in [9.17, 15) is 13.6 Å². The van der Waals surface area contributed by atoms with Crippen LogP contribution in [0.3, 0.4) is 0 Å². The Bertz CT molecular complexity index is 549. The zero-order valence-electron chi connectivity index (χ0n) is 11.9. The summed E-state index contributed by atoms with van der Waals surface area (Å²) in [4.78, 5) is 14.3. The zero-order valence-corrected chi connectivity index (χ0v) is 12.7. The average molecular weight is 312 g/mol. The van der Waals surface area contributed by atoms with Gasteiger partial charge in [-0.3, -0.25) is 4.79 Å². The number of carbonyl (C=O) groups is 1. The van der Waals surface area contributed by atoms with E-state index in [1.54, 1.807) is 4.90 Å². The van der Waals surface area contributed by atoms with Crippen LogP contribution in [0.25, 0.3) is 0 Å². The van der Waals surface area contributed by atoms with Crippen LogP contribution in [0.4, 0.5) is 8.78 Å². The SMILES string of the molecule is CC1(C(N)=S)CCN(C(=O)Cc2c(F)cccc2F)CC1. The second-order valence-electron chi connectivity index (χ2n) is 5.68. The maximum absolute atomic E-state index is 13.6. The normalized spacial score (nSPS) is 17.6. The molecule has 1 heterocycles. The predicted molar refractivity (Wildman–Crippen MR) is 80.8 cm³/mol. The molecule has 0 spiro atoms. The van der Waals surface area contributed by atoms with Crippen LogP contribution in [-0.2, 0) is 11.2 Å². The summed E-state index contributed by atoms with van der Waals surface area (Å²) >= 11 is 5.05. The van der Waals surface area contributed by atoms with Gasteiger partial charge in [-0.2, -0.15) is 0 Å². The van der Waals surface area contributed by atoms with E-state index >= 15 is 0 Å². The van der Waals surface area contributed by atoms with Crippen molar-refractivity contribution in [3.63, 3.8) is 0 Å². The Labute approximate surface area is 128 Å². The monoisotopic (exact) mass is 312 g/mol. The quantitative estimate of drug-likeness (QED) is 0.872. The zero-order chi connectivity index (χ0) is 15.6. The highest BCUT2D eigenvalue weighted by molar-refractivity contribution is 7.80. The minimum absolute atomic E-state index is 0.176. The first-order valence-corrected chi connectivity index (χ1v) is 7.25. The van der Waals surface area contributed by atoms with Gasteiger partial charge in [-0.1, -0.05) is 25.2 Å². The standard InChI is InChI=1S/C15H18F2N2OS/c1-15(14(18)21)5-7-19(8-6-15)13(20)9-10-11(16)3-2-4-12(10)17/h2-4H,5-9H2,1H3,(H2,18,21). The van der Waals surface area contributed by atoms with E-state index in [0.717, 1.165) is 12.1 Å². The third-order valence-corrected chi connectivity index (χ3v) is 4.70. The molecule has 0 unspecified atom stereocenters. The highest BCUT2D eigenvalue weighted by atomic mass is 32.1. The van der Waals surface area contributed by atoms with Crippen LogP contribution in [0, 0.1) is 17.0 Å². The summed E-state index contributed by atoms with van der Waals surface area (Å²) < 4.78 is 27.1. The van der Waals surface area contributed by atoms with Crippen LogP contribution in [0.1, 0.15) is 25.3 Å². The Morgan fingerprint density at radius 1 is 1.33 bits per heavy atom. The third-order valence-electron chi connectivity index (χ3n) is 4.20. The van der Waals surface area contributed by atoms with Gasteiger partial charge in [0.2, 0.25) is 5.91 Å². The van der Waals surface area contributed by atoms with Crippen molar-refractivity contribution in [1.82, 2.24) is 4.90 Å². The van der Waals surface area contributed by atoms with E-state index in [4.69, 9.17) is 18.0 Å². The van der Waals surface area contributed by atoms with Crippen molar-refractivity contribution in [1.29, 1.82) is 0 Å². The first-order valence-electron chi connectivity index (χ1n) is 6.84. The van der Waals surface area contributed by atoms with Gasteiger partial charge < -0.3 is 10.6 Å². The van der Waals surface area contributed by atoms with E-state index in [1.807, 2.05) is 6.92 Å². The number of carbonyl (C=O) groups excluding carboxylic acids is 1. The molecule has 0 radical (unpaired) electrons. The third kappa shape index (κ3) is 3.37.